The first-order valence-corrected chi connectivity index (χ1v) is 8.11. The molecule has 23 heavy (non-hydrogen) atoms. The Morgan fingerprint density at radius 2 is 1.96 bits per heavy atom. The van der Waals surface area contributed by atoms with Gasteiger partial charge in [-0.3, -0.25) is 0 Å². The van der Waals surface area contributed by atoms with Gasteiger partial charge >= 0.3 is 0 Å². The molecule has 0 saturated heterocycles. The second-order valence-corrected chi connectivity index (χ2v) is 5.80. The lowest BCUT2D eigenvalue weighted by molar-refractivity contribution is 0.200. The molecule has 3 nitrogen and oxygen atoms in total. The van der Waals surface area contributed by atoms with Gasteiger partial charge in [-0.25, -0.2) is 0 Å². The van der Waals surface area contributed by atoms with Gasteiger partial charge in [-0.2, -0.15) is 0 Å². The Bertz CT molecular complexity index is 570. The molecule has 0 amide bonds. The summed E-state index contributed by atoms with van der Waals surface area (Å²) in [6.07, 6.45) is 5.98. The molecule has 0 fully saturated rings. The molecule has 0 aromatic heterocycles. The van der Waals surface area contributed by atoms with Crippen molar-refractivity contribution < 1.29 is 15.3 Å². The van der Waals surface area contributed by atoms with Gasteiger partial charge in [0.05, 0.1) is 12.7 Å². The molecule has 0 radical (unpaired) electrons. The van der Waals surface area contributed by atoms with Crippen molar-refractivity contribution in [2.24, 2.45) is 0 Å². The van der Waals surface area contributed by atoms with Crippen LogP contribution >= 0.6 is 0 Å². The zero-order valence-electron chi connectivity index (χ0n) is 14.1. The molecular weight excluding hydrogens is 288 g/mol. The van der Waals surface area contributed by atoms with Gasteiger partial charge in [-0.15, -0.1) is 0 Å². The van der Waals surface area contributed by atoms with E-state index in [9.17, 15) is 10.2 Å². The number of rotatable bonds is 9. The lowest BCUT2D eigenvalue weighted by Gasteiger charge is -2.17. The third-order valence-corrected chi connectivity index (χ3v) is 3.78. The number of aromatic hydroxyl groups is 1. The van der Waals surface area contributed by atoms with Crippen molar-refractivity contribution in [3.8, 4) is 5.75 Å². The average molecular weight is 316 g/mol. The molecule has 1 aromatic rings. The van der Waals surface area contributed by atoms with Crippen LogP contribution in [-0.4, -0.2) is 28.0 Å². The zero-order chi connectivity index (χ0) is 17.2. The standard InChI is InChI=1S/C20H28O3/c1-4-7-16(3)18(12-13-21)20(23)11-10-15(2)14-17-8-5-6-9-19(17)22/h5-6,8-9,12,14,20-23H,3-4,7,10-11,13H2,1-2H3/b15-14+,18-12-. The molecule has 1 aromatic carbocycles. The molecule has 0 heterocycles. The van der Waals surface area contributed by atoms with E-state index in [0.29, 0.717) is 12.8 Å². The number of phenolic OH excluding ortho intramolecular Hbond substituents is 1. The van der Waals surface area contributed by atoms with Crippen molar-refractivity contribution in [3.05, 3.63) is 59.2 Å². The van der Waals surface area contributed by atoms with Crippen LogP contribution in [0.5, 0.6) is 5.75 Å². The van der Waals surface area contributed by atoms with Crippen molar-refractivity contribution in [2.45, 2.75) is 45.6 Å². The van der Waals surface area contributed by atoms with Gasteiger partial charge in [0.1, 0.15) is 5.75 Å². The van der Waals surface area contributed by atoms with Crippen LogP contribution < -0.4 is 0 Å². The smallest absolute Gasteiger partial charge is 0.122 e. The van der Waals surface area contributed by atoms with Crippen LogP contribution in [0, 0.1) is 0 Å². The molecule has 0 spiro atoms. The molecule has 0 aliphatic carbocycles. The van der Waals surface area contributed by atoms with E-state index in [-0.39, 0.29) is 12.4 Å². The highest BCUT2D eigenvalue weighted by Crippen LogP contribution is 2.24. The fourth-order valence-corrected chi connectivity index (χ4v) is 2.53. The third-order valence-electron chi connectivity index (χ3n) is 3.78. The summed E-state index contributed by atoms with van der Waals surface area (Å²) in [5.41, 5.74) is 3.48. The van der Waals surface area contributed by atoms with Crippen LogP contribution in [-0.2, 0) is 0 Å². The quantitative estimate of drug-likeness (QED) is 0.598. The van der Waals surface area contributed by atoms with Gasteiger partial charge in [0.15, 0.2) is 0 Å². The van der Waals surface area contributed by atoms with Crippen LogP contribution in [0.15, 0.2) is 53.6 Å². The molecule has 3 heteroatoms. The monoisotopic (exact) mass is 316 g/mol. The summed E-state index contributed by atoms with van der Waals surface area (Å²) in [5, 5.41) is 29.3. The van der Waals surface area contributed by atoms with E-state index in [2.05, 4.69) is 13.5 Å². The van der Waals surface area contributed by atoms with Crippen LogP contribution in [0.25, 0.3) is 6.08 Å². The van der Waals surface area contributed by atoms with Gasteiger partial charge < -0.3 is 15.3 Å². The Labute approximate surface area is 139 Å². The van der Waals surface area contributed by atoms with Crippen LogP contribution in [0.4, 0.5) is 0 Å². The Balaban J connectivity index is 2.70. The first kappa shape index (κ1) is 19.2. The summed E-state index contributed by atoms with van der Waals surface area (Å²) in [4.78, 5) is 0. The number of phenols is 1. The Morgan fingerprint density at radius 3 is 2.57 bits per heavy atom. The van der Waals surface area contributed by atoms with Crippen molar-refractivity contribution in [1.29, 1.82) is 0 Å². The molecule has 0 saturated carbocycles. The summed E-state index contributed by atoms with van der Waals surface area (Å²) in [6, 6.07) is 7.18. The molecule has 0 bridgehead atoms. The van der Waals surface area contributed by atoms with E-state index < -0.39 is 6.10 Å². The normalized spacial score (nSPS) is 13.9. The molecule has 0 aliphatic heterocycles. The second kappa shape index (κ2) is 10.0. The second-order valence-electron chi connectivity index (χ2n) is 5.80. The first-order valence-electron chi connectivity index (χ1n) is 8.11. The van der Waals surface area contributed by atoms with Crippen LogP contribution in [0.2, 0.25) is 0 Å². The minimum absolute atomic E-state index is 0.0954. The van der Waals surface area contributed by atoms with E-state index >= 15 is 0 Å². The van der Waals surface area contributed by atoms with Crippen molar-refractivity contribution in [3.63, 3.8) is 0 Å². The van der Waals surface area contributed by atoms with Gasteiger partial charge in [-0.05, 0) is 43.4 Å². The summed E-state index contributed by atoms with van der Waals surface area (Å²) < 4.78 is 0. The number of hydrogen-bond donors (Lipinski definition) is 3. The molecule has 1 atom stereocenters. The van der Waals surface area contributed by atoms with Crippen LogP contribution in [0.3, 0.4) is 0 Å². The summed E-state index contributed by atoms with van der Waals surface area (Å²) >= 11 is 0. The lowest BCUT2D eigenvalue weighted by Crippen LogP contribution is -2.13. The molecule has 126 valence electrons. The highest BCUT2D eigenvalue weighted by molar-refractivity contribution is 5.58. The van der Waals surface area contributed by atoms with Gasteiger partial charge in [0.25, 0.3) is 0 Å². The fourth-order valence-electron chi connectivity index (χ4n) is 2.53. The maximum atomic E-state index is 10.4. The number of allylic oxidation sites excluding steroid dienone is 1. The Morgan fingerprint density at radius 1 is 1.26 bits per heavy atom. The van der Waals surface area contributed by atoms with Crippen LogP contribution in [0.1, 0.15) is 45.1 Å². The number of para-hydroxylation sites is 1. The highest BCUT2D eigenvalue weighted by atomic mass is 16.3. The van der Waals surface area contributed by atoms with Gasteiger partial charge in [-0.1, -0.05) is 55.8 Å². The average Bonchev–Trinajstić information content (AvgIpc) is 2.52. The van der Waals surface area contributed by atoms with Gasteiger partial charge in [0.2, 0.25) is 0 Å². The molecular formula is C20H28O3. The van der Waals surface area contributed by atoms with E-state index in [1.165, 1.54) is 0 Å². The van der Waals surface area contributed by atoms with Crippen molar-refractivity contribution in [1.82, 2.24) is 0 Å². The molecule has 1 unspecified atom stereocenters. The summed E-state index contributed by atoms with van der Waals surface area (Å²) in [5.74, 6) is 0.254. The Hall–Kier alpha value is -1.84. The number of hydrogen-bond acceptors (Lipinski definition) is 3. The minimum atomic E-state index is -0.631. The predicted octanol–water partition coefficient (Wildman–Crippen LogP) is 4.21. The van der Waals surface area contributed by atoms with E-state index in [0.717, 1.165) is 35.1 Å². The maximum absolute atomic E-state index is 10.4. The van der Waals surface area contributed by atoms with E-state index in [1.54, 1.807) is 18.2 Å². The number of benzene rings is 1. The highest BCUT2D eigenvalue weighted by Gasteiger charge is 2.13. The largest absolute Gasteiger partial charge is 0.507 e. The Kier molecular flexibility index (Phi) is 8.38. The number of aliphatic hydroxyl groups is 2. The number of aliphatic hydroxyl groups excluding tert-OH is 2. The zero-order valence-corrected chi connectivity index (χ0v) is 14.1. The van der Waals surface area contributed by atoms with E-state index in [4.69, 9.17) is 5.11 Å². The topological polar surface area (TPSA) is 60.7 Å². The SMILES string of the molecule is C=C(CCC)/C(=C/CO)C(O)CC/C(C)=C/c1ccccc1O. The summed E-state index contributed by atoms with van der Waals surface area (Å²) in [7, 11) is 0. The predicted molar refractivity (Wildman–Crippen MR) is 96.2 cm³/mol. The fraction of sp³-hybridized carbons (Fsp3) is 0.400. The van der Waals surface area contributed by atoms with E-state index in [1.807, 2.05) is 25.1 Å². The van der Waals surface area contributed by atoms with Crippen molar-refractivity contribution in [2.75, 3.05) is 6.61 Å². The molecule has 3 N–H and O–H groups in total. The van der Waals surface area contributed by atoms with Crippen molar-refractivity contribution >= 4 is 6.08 Å². The molecule has 0 aliphatic rings. The lowest BCUT2D eigenvalue weighted by atomic mass is 9.93. The minimum Gasteiger partial charge on any atom is -0.507 e. The maximum Gasteiger partial charge on any atom is 0.122 e. The molecule has 1 rings (SSSR count). The third kappa shape index (κ3) is 6.43. The summed E-state index contributed by atoms with van der Waals surface area (Å²) in [6.45, 7) is 7.95. The first-order chi connectivity index (χ1) is 11.0. The van der Waals surface area contributed by atoms with Gasteiger partial charge in [0, 0.05) is 5.56 Å².